The van der Waals surface area contributed by atoms with Crippen LogP contribution in [0.5, 0.6) is 5.75 Å². The average Bonchev–Trinajstić information content (AvgIpc) is 4.24. The summed E-state index contributed by atoms with van der Waals surface area (Å²) in [6.07, 6.45) is -9.76. The number of nitrogens with one attached hydrogen (secondary N) is 2. The first-order valence-corrected chi connectivity index (χ1v) is 26.3. The number of benzene rings is 3. The van der Waals surface area contributed by atoms with E-state index in [1.807, 2.05) is 31.2 Å². The van der Waals surface area contributed by atoms with Gasteiger partial charge in [0.2, 0.25) is 17.7 Å². The molecule has 2 aromatic heterocycles. The topological polar surface area (TPSA) is 196 Å². The van der Waals surface area contributed by atoms with E-state index in [-0.39, 0.29) is 57.0 Å². The third-order valence-corrected chi connectivity index (χ3v) is 14.6. The van der Waals surface area contributed by atoms with Crippen LogP contribution >= 0.6 is 23.6 Å². The average molecular weight is 1170 g/mol. The first-order valence-electron chi connectivity index (χ1n) is 25.0. The third-order valence-electron chi connectivity index (χ3n) is 13.3. The minimum absolute atomic E-state index is 0.00146. The van der Waals surface area contributed by atoms with Crippen molar-refractivity contribution >= 4 is 69.6 Å². The SMILES string of the molecule is CC(=O)O[C@@H]1C[C@@H](C(=O)NCc2ccc(-c3scnc3C)cc2)N(C(=O)[C@@H](NC(=O)COCCCCOc2ccc(-c3ncc(N4C(=S)N(c5ccc(C#N)c(C(F)(F)F)c5F)C(=O)C4(C)C)cc3F)c(C(F)(F)F)c2)C(C)(C)C)C1. The highest BCUT2D eigenvalue weighted by Crippen LogP contribution is 2.44. The van der Waals surface area contributed by atoms with Crippen molar-refractivity contribution < 1.29 is 73.3 Å². The normalized spacial score (nSPS) is 16.8. The molecule has 4 heterocycles. The third kappa shape index (κ3) is 13.6. The van der Waals surface area contributed by atoms with Gasteiger partial charge in [-0.25, -0.2) is 13.8 Å². The number of ether oxygens (including phenoxy) is 3. The molecule has 81 heavy (non-hydrogen) atoms. The number of nitriles is 1. The number of aromatic nitrogens is 2. The van der Waals surface area contributed by atoms with Crippen molar-refractivity contribution in [2.24, 2.45) is 5.41 Å². The molecule has 16 nitrogen and oxygen atoms in total. The molecule has 0 aliphatic carbocycles. The maximum absolute atomic E-state index is 16.0. The number of anilines is 2. The lowest BCUT2D eigenvalue weighted by Gasteiger charge is -2.35. The number of amides is 4. The first-order chi connectivity index (χ1) is 37.9. The molecule has 2 fully saturated rings. The van der Waals surface area contributed by atoms with E-state index >= 15 is 8.78 Å². The van der Waals surface area contributed by atoms with Crippen LogP contribution in [0, 0.1) is 35.3 Å². The number of pyridine rings is 1. The standard InChI is InChI=1S/C55H54F8N8O8S2/c1-29-46(81-28-67-29)32-12-10-31(11-13-32)24-66-48(74)41-22-36(79-30(2)72)26-69(41)49(75)47(52(3,4)5)68-42(73)27-77-18-8-9-19-78-35-15-16-37(38(21-35)54(58,59)60)45-39(56)20-34(25-65-45)71-51(80)70(50(76)53(71,6)7)40-17-14-33(23-64)43(44(40)57)55(61,62)63/h10-17,20-21,25,28,36,41,47H,8-9,18-19,22,24,26-27H2,1-7H3,(H,66,74)(H,68,73)/t36-,41+,47-/m1/s1. The highest BCUT2D eigenvalue weighted by atomic mass is 32.1. The van der Waals surface area contributed by atoms with E-state index in [0.29, 0.717) is 23.1 Å². The number of thiocarbonyl (C=S) groups is 1. The minimum Gasteiger partial charge on any atom is -0.494 e. The van der Waals surface area contributed by atoms with Gasteiger partial charge in [-0.2, -0.15) is 31.6 Å². The number of hydrogen-bond donors (Lipinski definition) is 2. The molecule has 2 aliphatic rings. The zero-order valence-electron chi connectivity index (χ0n) is 44.6. The number of likely N-dealkylation sites (tertiary alicyclic amines) is 1. The van der Waals surface area contributed by atoms with Crippen LogP contribution in [0.3, 0.4) is 0 Å². The second-order valence-electron chi connectivity index (χ2n) is 20.6. The fraction of sp³-hybridized carbons (Fsp3) is 0.400. The lowest BCUT2D eigenvalue weighted by molar-refractivity contribution is -0.147. The van der Waals surface area contributed by atoms with Crippen LogP contribution in [-0.4, -0.2) is 99.7 Å². The second-order valence-corrected chi connectivity index (χ2v) is 21.8. The van der Waals surface area contributed by atoms with Crippen LogP contribution in [0.25, 0.3) is 21.7 Å². The number of unbranched alkanes of at least 4 members (excludes halogenated alkanes) is 1. The van der Waals surface area contributed by atoms with E-state index in [1.165, 1.54) is 43.1 Å². The zero-order chi connectivity index (χ0) is 59.5. The number of halogens is 8. The number of thiazole rings is 1. The Bertz CT molecular complexity index is 3290. The number of alkyl halides is 6. The second kappa shape index (κ2) is 24.2. The summed E-state index contributed by atoms with van der Waals surface area (Å²) in [5.74, 6) is -6.87. The molecule has 2 saturated heterocycles. The van der Waals surface area contributed by atoms with Crippen LogP contribution in [0.2, 0.25) is 0 Å². The molecule has 2 N–H and O–H groups in total. The minimum atomic E-state index is -5.34. The lowest BCUT2D eigenvalue weighted by atomic mass is 9.85. The Balaban J connectivity index is 0.927. The highest BCUT2D eigenvalue weighted by Gasteiger charge is 2.53. The summed E-state index contributed by atoms with van der Waals surface area (Å²) < 4.78 is 133. The fourth-order valence-corrected chi connectivity index (χ4v) is 10.6. The maximum Gasteiger partial charge on any atom is 0.420 e. The number of nitrogens with zero attached hydrogens (tertiary/aromatic N) is 6. The van der Waals surface area contributed by atoms with E-state index < -0.39 is 128 Å². The number of rotatable bonds is 18. The summed E-state index contributed by atoms with van der Waals surface area (Å²) >= 11 is 6.90. The van der Waals surface area contributed by atoms with E-state index in [0.717, 1.165) is 51.0 Å². The van der Waals surface area contributed by atoms with Crippen molar-refractivity contribution in [1.29, 1.82) is 5.26 Å². The van der Waals surface area contributed by atoms with Gasteiger partial charge in [-0.15, -0.1) is 11.3 Å². The summed E-state index contributed by atoms with van der Waals surface area (Å²) in [7, 11) is 0. The smallest absolute Gasteiger partial charge is 0.420 e. The van der Waals surface area contributed by atoms with Crippen LogP contribution in [0.4, 0.5) is 46.5 Å². The summed E-state index contributed by atoms with van der Waals surface area (Å²) in [5, 5.41) is 14.2. The first kappa shape index (κ1) is 61.0. The number of carbonyl (C=O) groups is 5. The predicted octanol–water partition coefficient (Wildman–Crippen LogP) is 9.84. The highest BCUT2D eigenvalue weighted by molar-refractivity contribution is 7.81. The van der Waals surface area contributed by atoms with Crippen molar-refractivity contribution in [3.05, 3.63) is 112 Å². The Morgan fingerprint density at radius 2 is 1.64 bits per heavy atom. The molecule has 0 saturated carbocycles. The van der Waals surface area contributed by atoms with E-state index in [9.17, 15) is 55.6 Å². The van der Waals surface area contributed by atoms with Gasteiger partial charge in [0.1, 0.15) is 47.3 Å². The van der Waals surface area contributed by atoms with Gasteiger partial charge < -0.3 is 34.6 Å². The Morgan fingerprint density at radius 3 is 2.25 bits per heavy atom. The summed E-state index contributed by atoms with van der Waals surface area (Å²) in [6, 6.07) is 11.5. The molecule has 2 aliphatic heterocycles. The molecule has 26 heteroatoms. The Hall–Kier alpha value is -7.63. The van der Waals surface area contributed by atoms with Crippen LogP contribution < -0.4 is 25.2 Å². The predicted molar refractivity (Wildman–Crippen MR) is 284 cm³/mol. The zero-order valence-corrected chi connectivity index (χ0v) is 46.2. The summed E-state index contributed by atoms with van der Waals surface area (Å²) in [4.78, 5) is 78.7. The number of aryl methyl sites for hydroxylation is 1. The molecule has 3 atom stereocenters. The van der Waals surface area contributed by atoms with Crippen molar-refractivity contribution in [2.45, 2.75) is 110 Å². The largest absolute Gasteiger partial charge is 0.494 e. The Labute approximate surface area is 469 Å². The molecule has 0 spiro atoms. The Morgan fingerprint density at radius 1 is 0.951 bits per heavy atom. The van der Waals surface area contributed by atoms with E-state index in [4.69, 9.17) is 26.4 Å². The fourth-order valence-electron chi connectivity index (χ4n) is 9.30. The molecule has 3 aromatic carbocycles. The Kier molecular flexibility index (Phi) is 18.2. The number of hydrogen-bond acceptors (Lipinski definition) is 13. The quantitative estimate of drug-likeness (QED) is 0.0364. The van der Waals surface area contributed by atoms with Crippen molar-refractivity contribution in [1.82, 2.24) is 25.5 Å². The van der Waals surface area contributed by atoms with Gasteiger partial charge in [0.05, 0.1) is 64.0 Å². The molecule has 4 amide bonds. The molecule has 0 radical (unpaired) electrons. The van der Waals surface area contributed by atoms with Crippen molar-refractivity contribution in [3.8, 4) is 33.5 Å². The summed E-state index contributed by atoms with van der Waals surface area (Å²) in [5.41, 5.74) is -5.30. The molecule has 0 unspecified atom stereocenters. The van der Waals surface area contributed by atoms with Gasteiger partial charge in [-0.05, 0) is 92.7 Å². The van der Waals surface area contributed by atoms with Crippen molar-refractivity contribution in [3.63, 3.8) is 0 Å². The van der Waals surface area contributed by atoms with Gasteiger partial charge in [-0.1, -0.05) is 45.0 Å². The monoisotopic (exact) mass is 1170 g/mol. The van der Waals surface area contributed by atoms with Gasteiger partial charge >= 0.3 is 18.3 Å². The molecular formula is C55H54F8N8O8S2. The van der Waals surface area contributed by atoms with Gasteiger partial charge in [0.15, 0.2) is 16.7 Å². The van der Waals surface area contributed by atoms with Crippen LogP contribution in [-0.2, 0) is 52.3 Å². The van der Waals surface area contributed by atoms with Gasteiger partial charge in [0.25, 0.3) is 5.91 Å². The van der Waals surface area contributed by atoms with Crippen LogP contribution in [0.15, 0.2) is 72.4 Å². The number of esters is 1. The van der Waals surface area contributed by atoms with Crippen LogP contribution in [0.1, 0.15) is 88.8 Å². The molecule has 430 valence electrons. The van der Waals surface area contributed by atoms with E-state index in [1.54, 1.807) is 26.3 Å². The summed E-state index contributed by atoms with van der Waals surface area (Å²) in [6.45, 7) is 10.3. The van der Waals surface area contributed by atoms with Gasteiger partial charge in [-0.3, -0.25) is 33.9 Å². The molecule has 0 bridgehead atoms. The van der Waals surface area contributed by atoms with E-state index in [2.05, 4.69) is 20.6 Å². The lowest BCUT2D eigenvalue weighted by Crippen LogP contribution is -2.58. The molecule has 7 rings (SSSR count). The van der Waals surface area contributed by atoms with Crippen molar-refractivity contribution in [2.75, 3.05) is 36.2 Å². The molecular weight excluding hydrogens is 1120 g/mol. The molecule has 5 aromatic rings. The maximum atomic E-state index is 16.0. The van der Waals surface area contributed by atoms with Gasteiger partial charge in [0, 0.05) is 38.1 Å². The number of carbonyl (C=O) groups excluding carboxylic acids is 5.